The molecule has 0 radical (unpaired) electrons. The van der Waals surface area contributed by atoms with Crippen LogP contribution in [0.25, 0.3) is 10.9 Å². The molecule has 0 bridgehead atoms. The van der Waals surface area contributed by atoms with Gasteiger partial charge in [-0.05, 0) is 19.8 Å². The van der Waals surface area contributed by atoms with Crippen LogP contribution in [-0.4, -0.2) is 42.0 Å². The quantitative estimate of drug-likeness (QED) is 0.797. The molecule has 0 spiro atoms. The highest BCUT2D eigenvalue weighted by Crippen LogP contribution is 2.41. The molecule has 2 N–H and O–H groups in total. The number of nitrogens with zero attached hydrogens (tertiary/aromatic N) is 2. The summed E-state index contributed by atoms with van der Waals surface area (Å²) in [6.07, 6.45) is 1.11. The molecule has 7 nitrogen and oxygen atoms in total. The molecule has 1 saturated heterocycles. The van der Waals surface area contributed by atoms with E-state index < -0.39 is 29.0 Å². The van der Waals surface area contributed by atoms with E-state index in [2.05, 4.69) is 10.1 Å². The summed E-state index contributed by atoms with van der Waals surface area (Å²) in [6.45, 7) is 3.53. The Kier molecular flexibility index (Phi) is 4.26. The number of pyridine rings is 1. The number of halogens is 2. The van der Waals surface area contributed by atoms with E-state index in [1.54, 1.807) is 4.90 Å². The number of carbonyl (C=O) groups is 1. The summed E-state index contributed by atoms with van der Waals surface area (Å²) in [5, 5.41) is 11.8. The molecule has 0 atom stereocenters. The van der Waals surface area contributed by atoms with Gasteiger partial charge in [-0.25, -0.2) is 13.6 Å². The molecule has 0 amide bonds. The number of aryl methyl sites for hydroxylation is 1. The fourth-order valence-electron chi connectivity index (χ4n) is 3.65. The Morgan fingerprint density at radius 2 is 1.93 bits per heavy atom. The first-order chi connectivity index (χ1) is 12.9. The minimum Gasteiger partial charge on any atom is -0.449 e. The van der Waals surface area contributed by atoms with Crippen molar-refractivity contribution in [2.24, 2.45) is 0 Å². The first kappa shape index (κ1) is 17.7. The number of carboxylic acid groups (broad SMARTS) is 1. The van der Waals surface area contributed by atoms with Gasteiger partial charge in [0.1, 0.15) is 5.69 Å². The first-order valence-corrected chi connectivity index (χ1v) is 8.83. The summed E-state index contributed by atoms with van der Waals surface area (Å²) in [4.78, 5) is 25.3. The van der Waals surface area contributed by atoms with E-state index in [0.717, 1.165) is 12.8 Å². The van der Waals surface area contributed by atoms with Crippen molar-refractivity contribution in [3.05, 3.63) is 33.6 Å². The molecule has 4 rings (SSSR count). The molecule has 2 heterocycles. The third-order valence-electron chi connectivity index (χ3n) is 5.10. The molecule has 2 fully saturated rings. The first-order valence-electron chi connectivity index (χ1n) is 8.83. The van der Waals surface area contributed by atoms with Gasteiger partial charge >= 0.3 is 6.16 Å². The fraction of sp³-hybridized carbons (Fsp3) is 0.444. The Balaban J connectivity index is 2.04. The zero-order valence-electron chi connectivity index (χ0n) is 14.7. The van der Waals surface area contributed by atoms with Gasteiger partial charge in [0.05, 0.1) is 17.1 Å². The highest BCUT2D eigenvalue weighted by atomic mass is 19.1. The summed E-state index contributed by atoms with van der Waals surface area (Å²) in [6, 6.07) is -0.0699. The average Bonchev–Trinajstić information content (AvgIpc) is 3.47. The lowest BCUT2D eigenvalue weighted by molar-refractivity contribution is 0.143. The average molecular weight is 379 g/mol. The number of ether oxygens (including phenoxy) is 1. The van der Waals surface area contributed by atoms with E-state index >= 15 is 8.78 Å². The van der Waals surface area contributed by atoms with Gasteiger partial charge in [0.2, 0.25) is 5.43 Å². The van der Waals surface area contributed by atoms with Gasteiger partial charge in [0.25, 0.3) is 0 Å². The predicted octanol–water partition coefficient (Wildman–Crippen LogP) is 2.39. The minimum absolute atomic E-state index is 0.00447. The van der Waals surface area contributed by atoms with Gasteiger partial charge in [-0.2, -0.15) is 0 Å². The Bertz CT molecular complexity index is 995. The van der Waals surface area contributed by atoms with Crippen molar-refractivity contribution < 1.29 is 23.4 Å². The second-order valence-corrected chi connectivity index (χ2v) is 6.89. The van der Waals surface area contributed by atoms with E-state index in [0.29, 0.717) is 26.2 Å². The molecular weight excluding hydrogens is 360 g/mol. The lowest BCUT2D eigenvalue weighted by Crippen LogP contribution is -2.44. The van der Waals surface area contributed by atoms with Crippen molar-refractivity contribution in [3.63, 3.8) is 0 Å². The number of piperazine rings is 1. The molecule has 1 aromatic carbocycles. The second kappa shape index (κ2) is 6.49. The number of hydrogen-bond donors (Lipinski definition) is 2. The van der Waals surface area contributed by atoms with Crippen LogP contribution in [0.3, 0.4) is 0 Å². The van der Waals surface area contributed by atoms with E-state index in [1.807, 2.05) is 0 Å². The zero-order valence-corrected chi connectivity index (χ0v) is 14.7. The molecule has 27 heavy (non-hydrogen) atoms. The summed E-state index contributed by atoms with van der Waals surface area (Å²) in [7, 11) is 0. The molecule has 2 aliphatic rings. The normalized spacial score (nSPS) is 17.4. The highest BCUT2D eigenvalue weighted by molar-refractivity contribution is 5.89. The Morgan fingerprint density at radius 1 is 1.26 bits per heavy atom. The zero-order chi connectivity index (χ0) is 19.3. The summed E-state index contributed by atoms with van der Waals surface area (Å²) in [5.41, 5.74) is -0.962. The van der Waals surface area contributed by atoms with Crippen molar-refractivity contribution in [2.75, 3.05) is 31.1 Å². The second-order valence-electron chi connectivity index (χ2n) is 6.89. The van der Waals surface area contributed by atoms with E-state index in [1.165, 1.54) is 17.7 Å². The van der Waals surface area contributed by atoms with Crippen LogP contribution >= 0.6 is 0 Å². The van der Waals surface area contributed by atoms with Crippen molar-refractivity contribution in [3.8, 4) is 5.75 Å². The molecule has 0 unspecified atom stereocenters. The van der Waals surface area contributed by atoms with Gasteiger partial charge in [-0.1, -0.05) is 0 Å². The lowest BCUT2D eigenvalue weighted by atomic mass is 10.0. The van der Waals surface area contributed by atoms with E-state index in [4.69, 9.17) is 5.11 Å². The standard InChI is InChI=1S/C18H19F2N3O4/c1-9-12-15(14(20)16(13(9)19)22-6-4-21-5-7-22)23(10-2-3-10)8-11(17(12)24)27-18(25)26/h8,10,21H,2-7H2,1H3,(H,25,26). The molecule has 9 heteroatoms. The third kappa shape index (κ3) is 2.91. The highest BCUT2D eigenvalue weighted by Gasteiger charge is 2.32. The van der Waals surface area contributed by atoms with Crippen LogP contribution < -0.4 is 20.4 Å². The van der Waals surface area contributed by atoms with Crippen LogP contribution in [0.1, 0.15) is 24.4 Å². The summed E-state index contributed by atoms with van der Waals surface area (Å²) in [5.74, 6) is -2.03. The van der Waals surface area contributed by atoms with Crippen LogP contribution in [0.4, 0.5) is 19.3 Å². The number of hydrogen-bond acceptors (Lipinski definition) is 5. The molecule has 1 aliphatic heterocycles. The van der Waals surface area contributed by atoms with Gasteiger partial charge in [0.15, 0.2) is 17.4 Å². The van der Waals surface area contributed by atoms with Crippen LogP contribution in [0, 0.1) is 18.6 Å². The number of fused-ring (bicyclic) bond motifs is 1. The van der Waals surface area contributed by atoms with Crippen LogP contribution in [0.2, 0.25) is 0 Å². The van der Waals surface area contributed by atoms with Gasteiger partial charge in [-0.15, -0.1) is 0 Å². The van der Waals surface area contributed by atoms with Crippen molar-refractivity contribution in [2.45, 2.75) is 25.8 Å². The van der Waals surface area contributed by atoms with Crippen molar-refractivity contribution in [1.29, 1.82) is 0 Å². The smallest absolute Gasteiger partial charge is 0.449 e. The summed E-state index contributed by atoms with van der Waals surface area (Å²) >= 11 is 0. The van der Waals surface area contributed by atoms with Crippen molar-refractivity contribution >= 4 is 22.7 Å². The maximum absolute atomic E-state index is 15.5. The molecule has 144 valence electrons. The molecule has 1 aromatic heterocycles. The number of aromatic nitrogens is 1. The maximum Gasteiger partial charge on any atom is 0.511 e. The Hall–Kier alpha value is -2.68. The predicted molar refractivity (Wildman–Crippen MR) is 94.9 cm³/mol. The number of nitrogens with one attached hydrogen (secondary N) is 1. The van der Waals surface area contributed by atoms with Gasteiger partial charge in [0, 0.05) is 37.8 Å². The molecular formula is C18H19F2N3O4. The monoisotopic (exact) mass is 379 g/mol. The summed E-state index contributed by atoms with van der Waals surface area (Å²) < 4.78 is 36.7. The van der Waals surface area contributed by atoms with Crippen LogP contribution in [-0.2, 0) is 0 Å². The number of anilines is 1. The molecule has 2 aromatic rings. The molecule has 1 aliphatic carbocycles. The van der Waals surface area contributed by atoms with Crippen LogP contribution in [0.15, 0.2) is 11.0 Å². The van der Waals surface area contributed by atoms with E-state index in [-0.39, 0.29) is 28.2 Å². The molecule has 1 saturated carbocycles. The third-order valence-corrected chi connectivity index (χ3v) is 5.10. The maximum atomic E-state index is 15.5. The van der Waals surface area contributed by atoms with Gasteiger partial charge in [-0.3, -0.25) is 4.79 Å². The van der Waals surface area contributed by atoms with E-state index in [9.17, 15) is 9.59 Å². The topological polar surface area (TPSA) is 83.8 Å². The van der Waals surface area contributed by atoms with Crippen LogP contribution in [0.5, 0.6) is 5.75 Å². The lowest BCUT2D eigenvalue weighted by Gasteiger charge is -2.31. The Labute approximate surface area is 153 Å². The van der Waals surface area contributed by atoms with Crippen molar-refractivity contribution in [1.82, 2.24) is 9.88 Å². The fourth-order valence-corrected chi connectivity index (χ4v) is 3.65. The number of benzene rings is 1. The SMILES string of the molecule is Cc1c(F)c(N2CCNCC2)c(F)c2c1c(=O)c(OC(=O)O)cn2C1CC1. The number of rotatable bonds is 3. The van der Waals surface area contributed by atoms with Gasteiger partial charge < -0.3 is 24.6 Å². The minimum atomic E-state index is -1.65. The largest absolute Gasteiger partial charge is 0.511 e. The Morgan fingerprint density at radius 3 is 2.52 bits per heavy atom.